The van der Waals surface area contributed by atoms with Gasteiger partial charge in [-0.25, -0.2) is 0 Å². The van der Waals surface area contributed by atoms with Crippen molar-refractivity contribution < 1.29 is 14.3 Å². The summed E-state index contributed by atoms with van der Waals surface area (Å²) in [6.45, 7) is 2.62. The Morgan fingerprint density at radius 1 is 1.80 bits per heavy atom. The Morgan fingerprint density at radius 3 is 2.70 bits per heavy atom. The molecule has 4 heteroatoms. The molecule has 0 amide bonds. The average Bonchev–Trinajstić information content (AvgIpc) is 1.77. The maximum absolute atomic E-state index is 10.7. The van der Waals surface area contributed by atoms with E-state index in [1.54, 1.807) is 6.92 Å². The standard InChI is InChI=1S/C6H11NO3/c1-4(7)6(8)10-5-2-9-3-5/h4-5H,2-3,7H2,1H3. The third kappa shape index (κ3) is 1.68. The van der Waals surface area contributed by atoms with Crippen molar-refractivity contribution in [3.8, 4) is 0 Å². The Labute approximate surface area is 59.3 Å². The lowest BCUT2D eigenvalue weighted by Gasteiger charge is -2.26. The van der Waals surface area contributed by atoms with E-state index in [1.807, 2.05) is 0 Å². The van der Waals surface area contributed by atoms with Crippen LogP contribution in [0.1, 0.15) is 6.92 Å². The molecule has 1 saturated heterocycles. The molecular weight excluding hydrogens is 134 g/mol. The zero-order chi connectivity index (χ0) is 7.56. The largest absolute Gasteiger partial charge is 0.456 e. The second-order valence-electron chi connectivity index (χ2n) is 2.39. The molecule has 10 heavy (non-hydrogen) atoms. The number of ether oxygens (including phenoxy) is 2. The molecule has 1 aliphatic rings. The third-order valence-corrected chi connectivity index (χ3v) is 1.26. The maximum atomic E-state index is 10.7. The molecule has 0 aromatic carbocycles. The molecule has 1 rings (SSSR count). The van der Waals surface area contributed by atoms with E-state index in [0.29, 0.717) is 13.2 Å². The molecule has 0 aromatic heterocycles. The molecular formula is C6H11NO3. The normalized spacial score (nSPS) is 21.4. The predicted octanol–water partition coefficient (Wildman–Crippen LogP) is -0.724. The van der Waals surface area contributed by atoms with E-state index < -0.39 is 6.04 Å². The van der Waals surface area contributed by atoms with Crippen molar-refractivity contribution in [2.75, 3.05) is 13.2 Å². The molecule has 1 fully saturated rings. The smallest absolute Gasteiger partial charge is 0.323 e. The van der Waals surface area contributed by atoms with Crippen LogP contribution in [0.15, 0.2) is 0 Å². The minimum Gasteiger partial charge on any atom is -0.456 e. The molecule has 4 nitrogen and oxygen atoms in total. The van der Waals surface area contributed by atoms with Gasteiger partial charge in [-0.15, -0.1) is 0 Å². The van der Waals surface area contributed by atoms with Gasteiger partial charge in [0.15, 0.2) is 0 Å². The monoisotopic (exact) mass is 145 g/mol. The zero-order valence-corrected chi connectivity index (χ0v) is 5.87. The summed E-state index contributed by atoms with van der Waals surface area (Å²) in [4.78, 5) is 10.7. The highest BCUT2D eigenvalue weighted by atomic mass is 16.6. The predicted molar refractivity (Wildman–Crippen MR) is 34.3 cm³/mol. The highest BCUT2D eigenvalue weighted by Crippen LogP contribution is 2.05. The Balaban J connectivity index is 2.17. The molecule has 1 heterocycles. The summed E-state index contributed by atoms with van der Waals surface area (Å²) >= 11 is 0. The van der Waals surface area contributed by atoms with Gasteiger partial charge in [-0.1, -0.05) is 0 Å². The summed E-state index contributed by atoms with van der Waals surface area (Å²) in [7, 11) is 0. The van der Waals surface area contributed by atoms with Gasteiger partial charge in [-0.05, 0) is 6.92 Å². The van der Waals surface area contributed by atoms with Crippen LogP contribution in [0.5, 0.6) is 0 Å². The first-order valence-electron chi connectivity index (χ1n) is 3.24. The fourth-order valence-corrected chi connectivity index (χ4v) is 0.554. The molecule has 1 aliphatic heterocycles. The molecule has 1 unspecified atom stereocenters. The van der Waals surface area contributed by atoms with Crippen LogP contribution in [0, 0.1) is 0 Å². The van der Waals surface area contributed by atoms with E-state index in [1.165, 1.54) is 0 Å². The second-order valence-corrected chi connectivity index (χ2v) is 2.39. The minimum atomic E-state index is -0.527. The fraction of sp³-hybridized carbons (Fsp3) is 0.833. The topological polar surface area (TPSA) is 61.6 Å². The molecule has 58 valence electrons. The molecule has 0 aromatic rings. The highest BCUT2D eigenvalue weighted by Gasteiger charge is 2.23. The van der Waals surface area contributed by atoms with Gasteiger partial charge in [0, 0.05) is 0 Å². The molecule has 1 atom stereocenters. The van der Waals surface area contributed by atoms with E-state index in [-0.39, 0.29) is 12.1 Å². The van der Waals surface area contributed by atoms with Crippen molar-refractivity contribution in [2.45, 2.75) is 19.1 Å². The number of hydrogen-bond acceptors (Lipinski definition) is 4. The number of carbonyl (C=O) groups is 1. The third-order valence-electron chi connectivity index (χ3n) is 1.26. The van der Waals surface area contributed by atoms with Crippen molar-refractivity contribution >= 4 is 5.97 Å². The fourth-order valence-electron chi connectivity index (χ4n) is 0.554. The van der Waals surface area contributed by atoms with Crippen molar-refractivity contribution in [3.05, 3.63) is 0 Å². The van der Waals surface area contributed by atoms with Gasteiger partial charge in [0.25, 0.3) is 0 Å². The number of hydrogen-bond donors (Lipinski definition) is 1. The van der Waals surface area contributed by atoms with Crippen molar-refractivity contribution in [1.82, 2.24) is 0 Å². The van der Waals surface area contributed by atoms with Crippen molar-refractivity contribution in [1.29, 1.82) is 0 Å². The highest BCUT2D eigenvalue weighted by molar-refractivity contribution is 5.75. The number of carbonyl (C=O) groups excluding carboxylic acids is 1. The SMILES string of the molecule is CC(N)C(=O)OC1COC1. The maximum Gasteiger partial charge on any atom is 0.323 e. The van der Waals surface area contributed by atoms with Crippen LogP contribution < -0.4 is 5.73 Å². The Hall–Kier alpha value is -0.610. The van der Waals surface area contributed by atoms with Crippen LogP contribution >= 0.6 is 0 Å². The van der Waals surface area contributed by atoms with Crippen LogP contribution in [-0.2, 0) is 14.3 Å². The quantitative estimate of drug-likeness (QED) is 0.521. The van der Waals surface area contributed by atoms with Crippen LogP contribution in [0.4, 0.5) is 0 Å². The van der Waals surface area contributed by atoms with Crippen molar-refractivity contribution in [3.63, 3.8) is 0 Å². The number of rotatable bonds is 2. The molecule has 2 N–H and O–H groups in total. The average molecular weight is 145 g/mol. The Bertz CT molecular complexity index is 131. The van der Waals surface area contributed by atoms with Gasteiger partial charge in [-0.3, -0.25) is 4.79 Å². The van der Waals surface area contributed by atoms with E-state index in [9.17, 15) is 4.79 Å². The summed E-state index contributed by atoms with van der Waals surface area (Å²) in [5, 5.41) is 0. The van der Waals surface area contributed by atoms with Crippen LogP contribution in [0.3, 0.4) is 0 Å². The van der Waals surface area contributed by atoms with Gasteiger partial charge in [0.2, 0.25) is 0 Å². The van der Waals surface area contributed by atoms with Crippen LogP contribution in [-0.4, -0.2) is 31.3 Å². The van der Waals surface area contributed by atoms with Crippen LogP contribution in [0.2, 0.25) is 0 Å². The van der Waals surface area contributed by atoms with E-state index in [4.69, 9.17) is 15.2 Å². The van der Waals surface area contributed by atoms with E-state index in [2.05, 4.69) is 0 Å². The van der Waals surface area contributed by atoms with Gasteiger partial charge in [-0.2, -0.15) is 0 Å². The minimum absolute atomic E-state index is 0.0569. The first kappa shape index (κ1) is 7.50. The van der Waals surface area contributed by atoms with Crippen molar-refractivity contribution in [2.24, 2.45) is 5.73 Å². The first-order chi connectivity index (χ1) is 4.70. The Morgan fingerprint density at radius 2 is 2.40 bits per heavy atom. The summed E-state index contributed by atoms with van der Waals surface area (Å²) in [5.74, 6) is -0.353. The molecule has 0 radical (unpaired) electrons. The lowest BCUT2D eigenvalue weighted by molar-refractivity contribution is -0.173. The lowest BCUT2D eigenvalue weighted by atomic mass is 10.3. The second kappa shape index (κ2) is 2.98. The molecule has 0 bridgehead atoms. The first-order valence-corrected chi connectivity index (χ1v) is 3.24. The summed E-state index contributed by atoms with van der Waals surface area (Å²) in [5.41, 5.74) is 5.25. The molecule has 0 aliphatic carbocycles. The van der Waals surface area contributed by atoms with Gasteiger partial charge in [0.1, 0.15) is 12.1 Å². The lowest BCUT2D eigenvalue weighted by Crippen LogP contribution is -2.41. The molecule has 0 saturated carbocycles. The van der Waals surface area contributed by atoms with E-state index in [0.717, 1.165) is 0 Å². The zero-order valence-electron chi connectivity index (χ0n) is 5.87. The number of nitrogens with two attached hydrogens (primary N) is 1. The van der Waals surface area contributed by atoms with Crippen LogP contribution in [0.25, 0.3) is 0 Å². The van der Waals surface area contributed by atoms with Gasteiger partial charge in [0.05, 0.1) is 13.2 Å². The number of esters is 1. The van der Waals surface area contributed by atoms with Gasteiger partial charge >= 0.3 is 5.97 Å². The van der Waals surface area contributed by atoms with E-state index >= 15 is 0 Å². The van der Waals surface area contributed by atoms with Gasteiger partial charge < -0.3 is 15.2 Å². The summed E-state index contributed by atoms with van der Waals surface area (Å²) < 4.78 is 9.66. The Kier molecular flexibility index (Phi) is 2.24. The molecule has 0 spiro atoms. The summed E-state index contributed by atoms with van der Waals surface area (Å²) in [6, 6.07) is -0.527. The summed E-state index contributed by atoms with van der Waals surface area (Å²) in [6.07, 6.45) is -0.0569.